The summed E-state index contributed by atoms with van der Waals surface area (Å²) < 4.78 is 0. The first-order chi connectivity index (χ1) is 10.0. The van der Waals surface area contributed by atoms with E-state index in [2.05, 4.69) is 5.32 Å². The molecule has 1 aromatic carbocycles. The second-order valence-corrected chi connectivity index (χ2v) is 5.70. The molecule has 5 nitrogen and oxygen atoms in total. The maximum absolute atomic E-state index is 12.1. The highest BCUT2D eigenvalue weighted by Gasteiger charge is 2.23. The van der Waals surface area contributed by atoms with E-state index in [9.17, 15) is 9.59 Å². The third-order valence-corrected chi connectivity index (χ3v) is 3.85. The molecular weight excluding hydrogens is 268 g/mol. The molecule has 1 heterocycles. The number of benzene rings is 1. The number of aliphatic carboxylic acids is 1. The number of carbonyl (C=O) groups excluding carboxylic acids is 1. The van der Waals surface area contributed by atoms with Crippen molar-refractivity contribution in [1.82, 2.24) is 4.90 Å². The fraction of sp³-hybridized carbons (Fsp3) is 0.500. The van der Waals surface area contributed by atoms with E-state index in [1.165, 1.54) is 0 Å². The molecule has 0 radical (unpaired) electrons. The minimum atomic E-state index is -0.758. The largest absolute Gasteiger partial charge is 0.481 e. The highest BCUT2D eigenvalue weighted by molar-refractivity contribution is 5.92. The Morgan fingerprint density at radius 1 is 1.38 bits per heavy atom. The first kappa shape index (κ1) is 15.5. The summed E-state index contributed by atoms with van der Waals surface area (Å²) in [5, 5.41) is 11.8. The van der Waals surface area contributed by atoms with Gasteiger partial charge >= 0.3 is 5.97 Å². The minimum absolute atomic E-state index is 0.0414. The van der Waals surface area contributed by atoms with Gasteiger partial charge in [0.25, 0.3) is 0 Å². The molecule has 1 amide bonds. The molecule has 2 rings (SSSR count). The molecule has 1 atom stereocenters. The molecule has 1 saturated heterocycles. The second kappa shape index (κ2) is 7.22. The Labute approximate surface area is 125 Å². The third kappa shape index (κ3) is 4.86. The maximum atomic E-state index is 12.1. The van der Waals surface area contributed by atoms with E-state index in [0.29, 0.717) is 13.1 Å². The monoisotopic (exact) mass is 290 g/mol. The summed E-state index contributed by atoms with van der Waals surface area (Å²) in [4.78, 5) is 24.9. The number of piperidine rings is 1. The van der Waals surface area contributed by atoms with Crippen LogP contribution in [0, 0.1) is 12.8 Å². The molecule has 1 aliphatic heterocycles. The van der Waals surface area contributed by atoms with Crippen molar-refractivity contribution >= 4 is 17.6 Å². The van der Waals surface area contributed by atoms with Crippen molar-refractivity contribution in [2.45, 2.75) is 26.2 Å². The van der Waals surface area contributed by atoms with Gasteiger partial charge < -0.3 is 10.4 Å². The van der Waals surface area contributed by atoms with Crippen LogP contribution in [0.15, 0.2) is 24.3 Å². The molecule has 1 fully saturated rings. The maximum Gasteiger partial charge on any atom is 0.303 e. The predicted octanol–water partition coefficient (Wildman–Crippen LogP) is 2.12. The summed E-state index contributed by atoms with van der Waals surface area (Å²) in [5.74, 6) is -0.644. The van der Waals surface area contributed by atoms with Gasteiger partial charge in [-0.1, -0.05) is 18.2 Å². The summed E-state index contributed by atoms with van der Waals surface area (Å²) in [6.07, 6.45) is 2.08. The molecule has 0 spiro atoms. The van der Waals surface area contributed by atoms with E-state index in [0.717, 1.165) is 30.6 Å². The van der Waals surface area contributed by atoms with Crippen molar-refractivity contribution in [2.75, 3.05) is 25.0 Å². The Hall–Kier alpha value is -1.88. The second-order valence-electron chi connectivity index (χ2n) is 5.70. The SMILES string of the molecule is Cc1ccccc1NC(=O)CN1CCCC(CC(=O)O)C1. The fourth-order valence-electron chi connectivity index (χ4n) is 2.81. The number of amides is 1. The summed E-state index contributed by atoms with van der Waals surface area (Å²) in [7, 11) is 0. The van der Waals surface area contributed by atoms with E-state index in [4.69, 9.17) is 5.11 Å². The molecule has 0 saturated carbocycles. The number of aryl methyl sites for hydroxylation is 1. The van der Waals surface area contributed by atoms with Crippen molar-refractivity contribution in [3.05, 3.63) is 29.8 Å². The minimum Gasteiger partial charge on any atom is -0.481 e. The van der Waals surface area contributed by atoms with Crippen molar-refractivity contribution in [1.29, 1.82) is 0 Å². The highest BCUT2D eigenvalue weighted by atomic mass is 16.4. The van der Waals surface area contributed by atoms with Crippen LogP contribution in [0.25, 0.3) is 0 Å². The Morgan fingerprint density at radius 2 is 2.14 bits per heavy atom. The van der Waals surface area contributed by atoms with E-state index >= 15 is 0 Å². The van der Waals surface area contributed by atoms with Crippen LogP contribution < -0.4 is 5.32 Å². The average Bonchev–Trinajstić information content (AvgIpc) is 2.41. The highest BCUT2D eigenvalue weighted by Crippen LogP contribution is 2.19. The van der Waals surface area contributed by atoms with Crippen molar-refractivity contribution in [3.8, 4) is 0 Å². The number of nitrogens with zero attached hydrogens (tertiary/aromatic N) is 1. The molecule has 114 valence electrons. The Morgan fingerprint density at radius 3 is 2.86 bits per heavy atom. The number of carboxylic acid groups (broad SMARTS) is 1. The van der Waals surface area contributed by atoms with E-state index < -0.39 is 5.97 Å². The van der Waals surface area contributed by atoms with E-state index in [1.54, 1.807) is 0 Å². The number of rotatable bonds is 5. The number of likely N-dealkylation sites (tertiary alicyclic amines) is 1. The number of carbonyl (C=O) groups is 2. The van der Waals surface area contributed by atoms with Crippen molar-refractivity contribution < 1.29 is 14.7 Å². The van der Waals surface area contributed by atoms with Gasteiger partial charge in [-0.15, -0.1) is 0 Å². The summed E-state index contributed by atoms with van der Waals surface area (Å²) in [6.45, 7) is 3.83. The summed E-state index contributed by atoms with van der Waals surface area (Å²) >= 11 is 0. The molecule has 0 aromatic heterocycles. The molecule has 0 bridgehead atoms. The van der Waals surface area contributed by atoms with E-state index in [-0.39, 0.29) is 18.2 Å². The van der Waals surface area contributed by atoms with Crippen LogP contribution in [0.5, 0.6) is 0 Å². The summed E-state index contributed by atoms with van der Waals surface area (Å²) in [6, 6.07) is 7.68. The number of hydrogen-bond acceptors (Lipinski definition) is 3. The molecule has 2 N–H and O–H groups in total. The average molecular weight is 290 g/mol. The number of carboxylic acids is 1. The van der Waals surface area contributed by atoms with Crippen LogP contribution >= 0.6 is 0 Å². The van der Waals surface area contributed by atoms with Gasteiger partial charge in [0.2, 0.25) is 5.91 Å². The standard InChI is InChI=1S/C16H22N2O3/c1-12-5-2-3-7-14(12)17-15(19)11-18-8-4-6-13(10-18)9-16(20)21/h2-3,5,7,13H,4,6,8-11H2,1H3,(H,17,19)(H,20,21). The van der Waals surface area contributed by atoms with Crippen molar-refractivity contribution in [3.63, 3.8) is 0 Å². The quantitative estimate of drug-likeness (QED) is 0.871. The number of para-hydroxylation sites is 1. The van der Waals surface area contributed by atoms with Gasteiger partial charge in [0, 0.05) is 18.7 Å². The molecule has 1 aromatic rings. The van der Waals surface area contributed by atoms with Gasteiger partial charge in [0.05, 0.1) is 6.54 Å². The van der Waals surface area contributed by atoms with Crippen LogP contribution in [-0.4, -0.2) is 41.5 Å². The van der Waals surface area contributed by atoms with Gasteiger partial charge in [0.1, 0.15) is 0 Å². The van der Waals surface area contributed by atoms with Gasteiger partial charge in [-0.25, -0.2) is 0 Å². The lowest BCUT2D eigenvalue weighted by atomic mass is 9.95. The molecular formula is C16H22N2O3. The van der Waals surface area contributed by atoms with Gasteiger partial charge in [0.15, 0.2) is 0 Å². The molecule has 1 aliphatic rings. The zero-order valence-corrected chi connectivity index (χ0v) is 12.3. The van der Waals surface area contributed by atoms with E-state index in [1.807, 2.05) is 36.1 Å². The van der Waals surface area contributed by atoms with Crippen molar-refractivity contribution in [2.24, 2.45) is 5.92 Å². The lowest BCUT2D eigenvalue weighted by molar-refractivity contribution is -0.138. The fourth-order valence-corrected chi connectivity index (χ4v) is 2.81. The van der Waals surface area contributed by atoms with Crippen LogP contribution in [-0.2, 0) is 9.59 Å². The Kier molecular flexibility index (Phi) is 5.33. The van der Waals surface area contributed by atoms with Gasteiger partial charge in [-0.05, 0) is 43.9 Å². The molecule has 21 heavy (non-hydrogen) atoms. The lowest BCUT2D eigenvalue weighted by Gasteiger charge is -2.31. The summed E-state index contributed by atoms with van der Waals surface area (Å²) in [5.41, 5.74) is 1.87. The zero-order chi connectivity index (χ0) is 15.2. The number of nitrogens with one attached hydrogen (secondary N) is 1. The van der Waals surface area contributed by atoms with Gasteiger partial charge in [-0.3, -0.25) is 14.5 Å². The lowest BCUT2D eigenvalue weighted by Crippen LogP contribution is -2.41. The van der Waals surface area contributed by atoms with Crippen LogP contribution in [0.2, 0.25) is 0 Å². The smallest absolute Gasteiger partial charge is 0.303 e. The van der Waals surface area contributed by atoms with Crippen LogP contribution in [0.3, 0.4) is 0 Å². The predicted molar refractivity (Wildman–Crippen MR) is 81.2 cm³/mol. The third-order valence-electron chi connectivity index (χ3n) is 3.85. The molecule has 0 aliphatic carbocycles. The Balaban J connectivity index is 1.85. The molecule has 1 unspecified atom stereocenters. The number of anilines is 1. The normalized spacial score (nSPS) is 19.2. The first-order valence-electron chi connectivity index (χ1n) is 7.34. The zero-order valence-electron chi connectivity index (χ0n) is 12.3. The van der Waals surface area contributed by atoms with Crippen LogP contribution in [0.1, 0.15) is 24.8 Å². The van der Waals surface area contributed by atoms with Gasteiger partial charge in [-0.2, -0.15) is 0 Å². The topological polar surface area (TPSA) is 69.6 Å². The molecule has 5 heteroatoms. The Bertz CT molecular complexity index is 516. The van der Waals surface area contributed by atoms with Crippen LogP contribution in [0.4, 0.5) is 5.69 Å². The number of hydrogen-bond donors (Lipinski definition) is 2. The first-order valence-corrected chi connectivity index (χ1v) is 7.34.